The van der Waals surface area contributed by atoms with Crippen LogP contribution in [0.5, 0.6) is 0 Å². The number of hydrogen-bond acceptors (Lipinski definition) is 3. The molecule has 5 nitrogen and oxygen atoms in total. The van der Waals surface area contributed by atoms with E-state index in [0.29, 0.717) is 17.7 Å². The van der Waals surface area contributed by atoms with Gasteiger partial charge in [-0.15, -0.1) is 6.42 Å². The van der Waals surface area contributed by atoms with Crippen molar-refractivity contribution in [2.24, 2.45) is 0 Å². The molecule has 0 radical (unpaired) electrons. The molecule has 0 bridgehead atoms. The predicted octanol–water partition coefficient (Wildman–Crippen LogP) is 2.54. The molecule has 0 heterocycles. The van der Waals surface area contributed by atoms with Gasteiger partial charge in [0.25, 0.3) is 5.91 Å². The Morgan fingerprint density at radius 2 is 1.79 bits per heavy atom. The van der Waals surface area contributed by atoms with Gasteiger partial charge in [0, 0.05) is 17.9 Å². The van der Waals surface area contributed by atoms with Crippen LogP contribution in [-0.4, -0.2) is 28.7 Å². The van der Waals surface area contributed by atoms with Crippen molar-refractivity contribution in [2.45, 2.75) is 12.8 Å². The lowest BCUT2D eigenvalue weighted by atomic mass is 10.0. The summed E-state index contributed by atoms with van der Waals surface area (Å²) in [5.41, 5.74) is 1.94. The molecule has 0 aliphatic heterocycles. The largest absolute Gasteiger partial charge is 0.478 e. The average molecular weight is 323 g/mol. The first-order valence-electron chi connectivity index (χ1n) is 7.40. The first-order valence-corrected chi connectivity index (χ1v) is 7.40. The van der Waals surface area contributed by atoms with Gasteiger partial charge in [-0.05, 0) is 48.7 Å². The van der Waals surface area contributed by atoms with Gasteiger partial charge in [0.2, 0.25) is 0 Å². The zero-order valence-electron chi connectivity index (χ0n) is 13.0. The monoisotopic (exact) mass is 323 g/mol. The van der Waals surface area contributed by atoms with Crippen molar-refractivity contribution in [2.75, 3.05) is 11.9 Å². The summed E-state index contributed by atoms with van der Waals surface area (Å²) >= 11 is 0. The maximum Gasteiger partial charge on any atom is 0.336 e. The highest BCUT2D eigenvalue weighted by molar-refractivity contribution is 6.10. The molecule has 0 aliphatic carbocycles. The lowest BCUT2D eigenvalue weighted by Gasteiger charge is -2.09. The highest BCUT2D eigenvalue weighted by Gasteiger charge is 2.17. The Kier molecular flexibility index (Phi) is 5.72. The van der Waals surface area contributed by atoms with Gasteiger partial charge < -0.3 is 15.5 Å². The Bertz CT molecular complexity index is 788. The van der Waals surface area contributed by atoms with Crippen LogP contribution in [0, 0.1) is 12.3 Å². The minimum absolute atomic E-state index is 0.0160. The average Bonchev–Trinajstić information content (AvgIpc) is 2.60. The predicted molar refractivity (Wildman–Crippen MR) is 91.1 cm³/mol. The van der Waals surface area contributed by atoms with Crippen molar-refractivity contribution in [1.29, 1.82) is 0 Å². The van der Waals surface area contributed by atoms with Crippen molar-refractivity contribution in [3.05, 3.63) is 64.7 Å². The molecule has 0 aromatic heterocycles. The second-order valence-corrected chi connectivity index (χ2v) is 5.19. The van der Waals surface area contributed by atoms with Gasteiger partial charge >= 0.3 is 5.97 Å². The number of carbonyl (C=O) groups excluding carboxylic acids is 1. The molecule has 122 valence electrons. The number of carboxylic acids is 1. The molecule has 1 amide bonds. The summed E-state index contributed by atoms with van der Waals surface area (Å²) in [7, 11) is 0. The Balaban J connectivity index is 2.20. The van der Waals surface area contributed by atoms with Crippen molar-refractivity contribution in [1.82, 2.24) is 0 Å². The fourth-order valence-corrected chi connectivity index (χ4v) is 2.24. The van der Waals surface area contributed by atoms with Crippen LogP contribution in [0.4, 0.5) is 5.69 Å². The van der Waals surface area contributed by atoms with E-state index in [-0.39, 0.29) is 17.7 Å². The van der Waals surface area contributed by atoms with E-state index in [2.05, 4.69) is 11.2 Å². The number of anilines is 1. The highest BCUT2D eigenvalue weighted by Crippen LogP contribution is 2.16. The van der Waals surface area contributed by atoms with Gasteiger partial charge in [0.15, 0.2) is 0 Å². The number of aromatic carboxylic acids is 1. The Hall–Kier alpha value is -3.10. The fourth-order valence-electron chi connectivity index (χ4n) is 2.24. The Morgan fingerprint density at radius 3 is 2.38 bits per heavy atom. The van der Waals surface area contributed by atoms with Gasteiger partial charge in [-0.2, -0.15) is 0 Å². The number of rotatable bonds is 6. The van der Waals surface area contributed by atoms with Crippen molar-refractivity contribution < 1.29 is 19.8 Å². The number of aryl methyl sites for hydroxylation is 1. The first-order chi connectivity index (χ1) is 11.5. The van der Waals surface area contributed by atoms with Crippen LogP contribution in [0.1, 0.15) is 38.3 Å². The number of terminal acetylenes is 1. The number of amides is 1. The van der Waals surface area contributed by atoms with E-state index in [0.717, 1.165) is 12.0 Å². The number of carbonyl (C=O) groups is 2. The van der Waals surface area contributed by atoms with Crippen molar-refractivity contribution in [3.63, 3.8) is 0 Å². The maximum atomic E-state index is 12.4. The molecule has 0 saturated carbocycles. The molecule has 5 heteroatoms. The number of carboxylic acid groups (broad SMARTS) is 1. The summed E-state index contributed by atoms with van der Waals surface area (Å²) in [5.74, 6) is 0.660. The lowest BCUT2D eigenvalue weighted by molar-refractivity contribution is 0.0692. The molecular weight excluding hydrogens is 306 g/mol. The minimum Gasteiger partial charge on any atom is -0.478 e. The summed E-state index contributed by atoms with van der Waals surface area (Å²) in [6.45, 7) is 0.127. The molecule has 24 heavy (non-hydrogen) atoms. The number of aliphatic hydroxyl groups is 1. The third kappa shape index (κ3) is 4.22. The molecule has 0 saturated heterocycles. The van der Waals surface area contributed by atoms with Crippen LogP contribution in [0.3, 0.4) is 0 Å². The SMILES string of the molecule is C#Cc1ccc(C(=O)O)c(C(=O)Nc2ccc(CCCO)cc2)c1. The second-order valence-electron chi connectivity index (χ2n) is 5.19. The van der Waals surface area contributed by atoms with Crippen molar-refractivity contribution in [3.8, 4) is 12.3 Å². The maximum absolute atomic E-state index is 12.4. The van der Waals surface area contributed by atoms with E-state index in [4.69, 9.17) is 11.5 Å². The van der Waals surface area contributed by atoms with E-state index in [1.165, 1.54) is 18.2 Å². The third-order valence-corrected chi connectivity index (χ3v) is 3.50. The second kappa shape index (κ2) is 7.95. The smallest absolute Gasteiger partial charge is 0.336 e. The summed E-state index contributed by atoms with van der Waals surface area (Å²) < 4.78 is 0. The van der Waals surface area contributed by atoms with Gasteiger partial charge in [0.1, 0.15) is 0 Å². The molecule has 3 N–H and O–H groups in total. The van der Waals surface area contributed by atoms with Gasteiger partial charge in [-0.3, -0.25) is 4.79 Å². The molecule has 2 rings (SSSR count). The molecule has 2 aromatic carbocycles. The number of aliphatic hydroxyl groups excluding tert-OH is 1. The van der Waals surface area contributed by atoms with Gasteiger partial charge in [0.05, 0.1) is 11.1 Å². The molecule has 0 fully saturated rings. The summed E-state index contributed by atoms with van der Waals surface area (Å²) in [6.07, 6.45) is 6.73. The van der Waals surface area contributed by atoms with Gasteiger partial charge in [-0.25, -0.2) is 4.79 Å². The highest BCUT2D eigenvalue weighted by atomic mass is 16.4. The van der Waals surface area contributed by atoms with Crippen LogP contribution >= 0.6 is 0 Å². The normalized spacial score (nSPS) is 10.0. The summed E-state index contributed by atoms with van der Waals surface area (Å²) in [4.78, 5) is 23.7. The quantitative estimate of drug-likeness (QED) is 0.713. The first kappa shape index (κ1) is 17.3. The number of hydrogen-bond donors (Lipinski definition) is 3. The number of nitrogens with one attached hydrogen (secondary N) is 1. The molecule has 0 unspecified atom stereocenters. The van der Waals surface area contributed by atoms with Crippen LogP contribution in [-0.2, 0) is 6.42 Å². The van der Waals surface area contributed by atoms with E-state index >= 15 is 0 Å². The number of benzene rings is 2. The molecule has 0 aliphatic rings. The third-order valence-electron chi connectivity index (χ3n) is 3.50. The van der Waals surface area contributed by atoms with E-state index in [9.17, 15) is 14.7 Å². The molecule has 0 atom stereocenters. The summed E-state index contributed by atoms with van der Waals surface area (Å²) in [5, 5.41) is 20.7. The van der Waals surface area contributed by atoms with E-state index < -0.39 is 11.9 Å². The fraction of sp³-hybridized carbons (Fsp3) is 0.158. The van der Waals surface area contributed by atoms with Crippen LogP contribution in [0.2, 0.25) is 0 Å². The van der Waals surface area contributed by atoms with E-state index in [1.807, 2.05) is 12.1 Å². The molecular formula is C19H17NO4. The Morgan fingerprint density at radius 1 is 1.08 bits per heavy atom. The van der Waals surface area contributed by atoms with Crippen LogP contribution in [0.15, 0.2) is 42.5 Å². The van der Waals surface area contributed by atoms with E-state index in [1.54, 1.807) is 12.1 Å². The zero-order chi connectivity index (χ0) is 17.5. The minimum atomic E-state index is -1.19. The zero-order valence-corrected chi connectivity index (χ0v) is 13.0. The standard InChI is InChI=1S/C19H17NO4/c1-2-13-7-10-16(19(23)24)17(12-13)18(22)20-15-8-5-14(6-9-15)4-3-11-21/h1,5-10,12,21H,3-4,11H2,(H,20,22)(H,23,24). The summed E-state index contributed by atoms with van der Waals surface area (Å²) in [6, 6.07) is 11.4. The van der Waals surface area contributed by atoms with Crippen molar-refractivity contribution >= 4 is 17.6 Å². The topological polar surface area (TPSA) is 86.6 Å². The van der Waals surface area contributed by atoms with Gasteiger partial charge in [-0.1, -0.05) is 18.1 Å². The lowest BCUT2D eigenvalue weighted by Crippen LogP contribution is -2.16. The van der Waals surface area contributed by atoms with Crippen LogP contribution < -0.4 is 5.32 Å². The molecule has 2 aromatic rings. The molecule has 0 spiro atoms. The van der Waals surface area contributed by atoms with Crippen LogP contribution in [0.25, 0.3) is 0 Å². The Labute approximate surface area is 140 Å².